The molecule has 0 unspecified atom stereocenters. The standard InChI is InChI=1S/C11H18O/c1-8-5-6-9-3-2-4-11(12)10(9)7-8/h8-10H,2-7H2,1H3/t8-,9-,10+/m1/s1. The van der Waals surface area contributed by atoms with Gasteiger partial charge in [0.25, 0.3) is 0 Å². The largest absolute Gasteiger partial charge is 0.299 e. The van der Waals surface area contributed by atoms with E-state index >= 15 is 0 Å². The zero-order valence-corrected chi connectivity index (χ0v) is 7.88. The number of ketones is 1. The Bertz CT molecular complexity index is 185. The van der Waals surface area contributed by atoms with E-state index < -0.39 is 0 Å². The Kier molecular flexibility index (Phi) is 2.20. The predicted octanol–water partition coefficient (Wildman–Crippen LogP) is 2.79. The summed E-state index contributed by atoms with van der Waals surface area (Å²) in [4.78, 5) is 11.6. The van der Waals surface area contributed by atoms with Crippen LogP contribution in [0, 0.1) is 17.8 Å². The van der Waals surface area contributed by atoms with Crippen molar-refractivity contribution in [1.82, 2.24) is 0 Å². The number of hydrogen-bond donors (Lipinski definition) is 0. The Morgan fingerprint density at radius 3 is 2.92 bits per heavy atom. The third-order valence-electron chi connectivity index (χ3n) is 3.67. The fraction of sp³-hybridized carbons (Fsp3) is 0.909. The van der Waals surface area contributed by atoms with Gasteiger partial charge in [0.15, 0.2) is 0 Å². The quantitative estimate of drug-likeness (QED) is 0.541. The van der Waals surface area contributed by atoms with E-state index in [0.29, 0.717) is 11.7 Å². The fourth-order valence-corrected chi connectivity index (χ4v) is 2.91. The van der Waals surface area contributed by atoms with Crippen molar-refractivity contribution in [3.05, 3.63) is 0 Å². The van der Waals surface area contributed by atoms with Crippen molar-refractivity contribution in [3.8, 4) is 0 Å². The molecule has 2 saturated carbocycles. The summed E-state index contributed by atoms with van der Waals surface area (Å²) in [5.74, 6) is 2.59. The molecule has 0 N–H and O–H groups in total. The molecule has 0 amide bonds. The van der Waals surface area contributed by atoms with Crippen molar-refractivity contribution in [2.45, 2.75) is 45.4 Å². The first kappa shape index (κ1) is 8.28. The van der Waals surface area contributed by atoms with Crippen LogP contribution in [0.3, 0.4) is 0 Å². The molecule has 12 heavy (non-hydrogen) atoms. The molecular weight excluding hydrogens is 148 g/mol. The summed E-state index contributed by atoms with van der Waals surface area (Å²) >= 11 is 0. The van der Waals surface area contributed by atoms with Gasteiger partial charge in [-0.2, -0.15) is 0 Å². The molecule has 0 bridgehead atoms. The van der Waals surface area contributed by atoms with E-state index in [-0.39, 0.29) is 0 Å². The highest BCUT2D eigenvalue weighted by molar-refractivity contribution is 5.82. The summed E-state index contributed by atoms with van der Waals surface area (Å²) in [6, 6.07) is 0. The highest BCUT2D eigenvalue weighted by atomic mass is 16.1. The lowest BCUT2D eigenvalue weighted by molar-refractivity contribution is -0.128. The van der Waals surface area contributed by atoms with Crippen LogP contribution in [0.4, 0.5) is 0 Å². The van der Waals surface area contributed by atoms with Crippen LogP contribution in [0.5, 0.6) is 0 Å². The van der Waals surface area contributed by atoms with Gasteiger partial charge in [-0.25, -0.2) is 0 Å². The summed E-state index contributed by atoms with van der Waals surface area (Å²) in [6.45, 7) is 2.29. The predicted molar refractivity (Wildman–Crippen MR) is 48.9 cm³/mol. The minimum absolute atomic E-state index is 0.461. The number of hydrogen-bond acceptors (Lipinski definition) is 1. The number of carbonyl (C=O) groups excluding carboxylic acids is 1. The summed E-state index contributed by atoms with van der Waals surface area (Å²) in [6.07, 6.45) is 7.21. The van der Waals surface area contributed by atoms with E-state index in [0.717, 1.165) is 24.7 Å². The van der Waals surface area contributed by atoms with Gasteiger partial charge in [0.2, 0.25) is 0 Å². The first-order chi connectivity index (χ1) is 5.77. The molecule has 3 atom stereocenters. The second-order valence-corrected chi connectivity index (χ2v) is 4.64. The second kappa shape index (κ2) is 3.20. The van der Waals surface area contributed by atoms with Crippen LogP contribution in [-0.2, 0) is 4.79 Å². The monoisotopic (exact) mass is 166 g/mol. The van der Waals surface area contributed by atoms with Gasteiger partial charge in [-0.05, 0) is 37.5 Å². The Morgan fingerprint density at radius 2 is 2.08 bits per heavy atom. The highest BCUT2D eigenvalue weighted by Gasteiger charge is 2.35. The van der Waals surface area contributed by atoms with Crippen LogP contribution < -0.4 is 0 Å². The normalized spacial score (nSPS) is 42.4. The van der Waals surface area contributed by atoms with Gasteiger partial charge < -0.3 is 0 Å². The zero-order valence-electron chi connectivity index (χ0n) is 7.88. The zero-order chi connectivity index (χ0) is 8.55. The Balaban J connectivity index is 2.05. The number of carbonyl (C=O) groups is 1. The lowest BCUT2D eigenvalue weighted by atomic mass is 9.67. The van der Waals surface area contributed by atoms with Crippen molar-refractivity contribution in [2.75, 3.05) is 0 Å². The molecule has 0 aliphatic heterocycles. The Hall–Kier alpha value is -0.330. The summed E-state index contributed by atoms with van der Waals surface area (Å²) < 4.78 is 0. The van der Waals surface area contributed by atoms with Crippen LogP contribution in [0.2, 0.25) is 0 Å². The van der Waals surface area contributed by atoms with Crippen molar-refractivity contribution >= 4 is 5.78 Å². The summed E-state index contributed by atoms with van der Waals surface area (Å²) in [5.41, 5.74) is 0. The number of rotatable bonds is 0. The van der Waals surface area contributed by atoms with Crippen LogP contribution in [0.15, 0.2) is 0 Å². The van der Waals surface area contributed by atoms with E-state index in [2.05, 4.69) is 6.92 Å². The first-order valence-corrected chi connectivity index (χ1v) is 5.30. The lowest BCUT2D eigenvalue weighted by Crippen LogP contribution is -2.33. The van der Waals surface area contributed by atoms with Gasteiger partial charge in [0.05, 0.1) is 0 Å². The average molecular weight is 166 g/mol. The SMILES string of the molecule is C[C@@H]1CC[C@H]2CCCC(=O)[C@H]2C1. The molecular formula is C11H18O. The van der Waals surface area contributed by atoms with Crippen molar-refractivity contribution in [2.24, 2.45) is 17.8 Å². The van der Waals surface area contributed by atoms with Crippen LogP contribution in [0.25, 0.3) is 0 Å². The maximum absolute atomic E-state index is 11.6. The molecule has 0 spiro atoms. The molecule has 2 rings (SSSR count). The van der Waals surface area contributed by atoms with Crippen molar-refractivity contribution < 1.29 is 4.79 Å². The van der Waals surface area contributed by atoms with E-state index in [1.807, 2.05) is 0 Å². The lowest BCUT2D eigenvalue weighted by Gasteiger charge is -2.37. The third-order valence-corrected chi connectivity index (χ3v) is 3.67. The van der Waals surface area contributed by atoms with Crippen LogP contribution in [-0.4, -0.2) is 5.78 Å². The van der Waals surface area contributed by atoms with Crippen LogP contribution in [0.1, 0.15) is 45.4 Å². The van der Waals surface area contributed by atoms with E-state index in [1.54, 1.807) is 0 Å². The summed E-state index contributed by atoms with van der Waals surface area (Å²) in [7, 11) is 0. The highest BCUT2D eigenvalue weighted by Crippen LogP contribution is 2.40. The maximum atomic E-state index is 11.6. The molecule has 2 aliphatic rings. The topological polar surface area (TPSA) is 17.1 Å². The van der Waals surface area contributed by atoms with Gasteiger partial charge in [-0.1, -0.05) is 13.3 Å². The molecule has 0 aromatic heterocycles. The molecule has 68 valence electrons. The van der Waals surface area contributed by atoms with Gasteiger partial charge >= 0.3 is 0 Å². The van der Waals surface area contributed by atoms with Gasteiger partial charge in [-0.15, -0.1) is 0 Å². The molecule has 1 heteroatoms. The number of Topliss-reactive ketones (excluding diaryl/α,β-unsaturated/α-hetero) is 1. The Labute approximate surface area is 74.5 Å². The van der Waals surface area contributed by atoms with E-state index in [1.165, 1.54) is 25.7 Å². The van der Waals surface area contributed by atoms with Crippen LogP contribution >= 0.6 is 0 Å². The second-order valence-electron chi connectivity index (χ2n) is 4.64. The molecule has 0 aromatic rings. The van der Waals surface area contributed by atoms with Crippen molar-refractivity contribution in [3.63, 3.8) is 0 Å². The van der Waals surface area contributed by atoms with Gasteiger partial charge in [0.1, 0.15) is 5.78 Å². The minimum Gasteiger partial charge on any atom is -0.299 e. The maximum Gasteiger partial charge on any atom is 0.136 e. The van der Waals surface area contributed by atoms with Crippen molar-refractivity contribution in [1.29, 1.82) is 0 Å². The third kappa shape index (κ3) is 1.41. The first-order valence-electron chi connectivity index (χ1n) is 5.30. The van der Waals surface area contributed by atoms with E-state index in [4.69, 9.17) is 0 Å². The molecule has 0 radical (unpaired) electrons. The average Bonchev–Trinajstić information content (AvgIpc) is 2.07. The fourth-order valence-electron chi connectivity index (χ4n) is 2.91. The molecule has 0 saturated heterocycles. The molecule has 2 aliphatic carbocycles. The summed E-state index contributed by atoms with van der Waals surface area (Å²) in [5, 5.41) is 0. The van der Waals surface area contributed by atoms with Gasteiger partial charge in [0, 0.05) is 12.3 Å². The number of fused-ring (bicyclic) bond motifs is 1. The molecule has 1 nitrogen and oxygen atoms in total. The smallest absolute Gasteiger partial charge is 0.136 e. The molecule has 0 aromatic carbocycles. The van der Waals surface area contributed by atoms with Gasteiger partial charge in [-0.3, -0.25) is 4.79 Å². The van der Waals surface area contributed by atoms with E-state index in [9.17, 15) is 4.79 Å². The molecule has 2 fully saturated rings. The minimum atomic E-state index is 0.461. The Morgan fingerprint density at radius 1 is 1.25 bits per heavy atom. The molecule has 0 heterocycles.